The third-order valence-corrected chi connectivity index (χ3v) is 7.20. The maximum Gasteiger partial charge on any atom is 0.307 e. The minimum Gasteiger partial charge on any atom is -0.458 e. The molecule has 6 heteroatoms. The van der Waals surface area contributed by atoms with Crippen LogP contribution in [0.4, 0.5) is 0 Å². The van der Waals surface area contributed by atoms with Crippen molar-refractivity contribution < 1.29 is 19.1 Å². The van der Waals surface area contributed by atoms with Crippen LogP contribution in [0.3, 0.4) is 0 Å². The molecular weight excluding hydrogens is 344 g/mol. The third-order valence-electron chi connectivity index (χ3n) is 7.20. The zero-order chi connectivity index (χ0) is 19.2. The lowest BCUT2D eigenvalue weighted by molar-refractivity contribution is -0.152. The summed E-state index contributed by atoms with van der Waals surface area (Å²) in [6, 6.07) is 0. The number of carbonyl (C=O) groups excluding carboxylic acids is 3. The van der Waals surface area contributed by atoms with Crippen LogP contribution in [0.25, 0.3) is 0 Å². The lowest BCUT2D eigenvalue weighted by Crippen LogP contribution is -2.50. The van der Waals surface area contributed by atoms with E-state index in [0.29, 0.717) is 25.4 Å². The number of carbonyl (C=O) groups is 3. The monoisotopic (exact) mass is 376 g/mol. The second-order valence-electron chi connectivity index (χ2n) is 9.67. The van der Waals surface area contributed by atoms with Crippen molar-refractivity contribution in [3.63, 3.8) is 0 Å². The summed E-state index contributed by atoms with van der Waals surface area (Å²) in [5, 5.41) is 0. The van der Waals surface area contributed by atoms with Crippen LogP contribution >= 0.6 is 0 Å². The Bertz CT molecular complexity index is 630. The fourth-order valence-corrected chi connectivity index (χ4v) is 5.77. The van der Waals surface area contributed by atoms with Crippen molar-refractivity contribution in [2.24, 2.45) is 17.3 Å². The number of esters is 1. The number of hydrogen-bond acceptors (Lipinski definition) is 4. The van der Waals surface area contributed by atoms with Crippen LogP contribution in [0.15, 0.2) is 0 Å². The van der Waals surface area contributed by atoms with Gasteiger partial charge in [0.2, 0.25) is 11.8 Å². The van der Waals surface area contributed by atoms with Gasteiger partial charge in [0.25, 0.3) is 0 Å². The van der Waals surface area contributed by atoms with Gasteiger partial charge in [0.1, 0.15) is 5.60 Å². The minimum atomic E-state index is -0.527. The van der Waals surface area contributed by atoms with E-state index >= 15 is 0 Å². The molecule has 6 nitrogen and oxygen atoms in total. The first-order valence-electron chi connectivity index (χ1n) is 10.6. The first kappa shape index (κ1) is 18.8. The van der Waals surface area contributed by atoms with E-state index < -0.39 is 5.60 Å². The van der Waals surface area contributed by atoms with Gasteiger partial charge in [0.05, 0.1) is 12.3 Å². The fraction of sp³-hybridized carbons (Fsp3) is 0.857. The van der Waals surface area contributed by atoms with Crippen molar-refractivity contribution in [1.29, 1.82) is 0 Å². The van der Waals surface area contributed by atoms with Crippen LogP contribution in [-0.4, -0.2) is 59.4 Å². The smallest absolute Gasteiger partial charge is 0.307 e. The molecule has 0 aromatic rings. The zero-order valence-corrected chi connectivity index (χ0v) is 16.7. The molecule has 3 saturated heterocycles. The van der Waals surface area contributed by atoms with E-state index in [1.807, 2.05) is 9.80 Å². The zero-order valence-electron chi connectivity index (χ0n) is 16.7. The molecule has 3 heterocycles. The molecule has 4 aliphatic rings. The van der Waals surface area contributed by atoms with Crippen LogP contribution in [0.5, 0.6) is 0 Å². The topological polar surface area (TPSA) is 66.9 Å². The van der Waals surface area contributed by atoms with Gasteiger partial charge in [-0.1, -0.05) is 13.8 Å². The molecule has 1 atom stereocenters. The summed E-state index contributed by atoms with van der Waals surface area (Å²) >= 11 is 0. The molecule has 2 spiro atoms. The largest absolute Gasteiger partial charge is 0.458 e. The second kappa shape index (κ2) is 6.78. The Morgan fingerprint density at radius 2 is 1.81 bits per heavy atom. The van der Waals surface area contributed by atoms with Crippen molar-refractivity contribution in [3.05, 3.63) is 0 Å². The number of hydrogen-bond donors (Lipinski definition) is 0. The number of piperidine rings is 1. The summed E-state index contributed by atoms with van der Waals surface area (Å²) in [4.78, 5) is 41.5. The lowest BCUT2D eigenvalue weighted by atomic mass is 9.76. The highest BCUT2D eigenvalue weighted by atomic mass is 16.6. The van der Waals surface area contributed by atoms with E-state index in [-0.39, 0.29) is 35.5 Å². The minimum absolute atomic E-state index is 0.0375. The summed E-state index contributed by atoms with van der Waals surface area (Å²) in [6.45, 7) is 7.34. The fourth-order valence-electron chi connectivity index (χ4n) is 5.77. The Labute approximate surface area is 161 Å². The van der Waals surface area contributed by atoms with Gasteiger partial charge in [0, 0.05) is 38.0 Å². The Morgan fingerprint density at radius 1 is 1.15 bits per heavy atom. The molecule has 0 N–H and O–H groups in total. The quantitative estimate of drug-likeness (QED) is 0.709. The number of rotatable bonds is 3. The van der Waals surface area contributed by atoms with Gasteiger partial charge in [-0.25, -0.2) is 0 Å². The second-order valence-corrected chi connectivity index (χ2v) is 9.67. The first-order valence-corrected chi connectivity index (χ1v) is 10.6. The highest BCUT2D eigenvalue weighted by Gasteiger charge is 2.55. The average molecular weight is 376 g/mol. The Morgan fingerprint density at radius 3 is 2.44 bits per heavy atom. The van der Waals surface area contributed by atoms with E-state index in [0.717, 1.165) is 51.6 Å². The average Bonchev–Trinajstić information content (AvgIpc) is 3.28. The molecule has 4 fully saturated rings. The van der Waals surface area contributed by atoms with Gasteiger partial charge in [-0.2, -0.15) is 0 Å². The Hall–Kier alpha value is -1.59. The van der Waals surface area contributed by atoms with Gasteiger partial charge < -0.3 is 14.5 Å². The molecule has 0 bridgehead atoms. The summed E-state index contributed by atoms with van der Waals surface area (Å²) in [5.41, 5.74) is -0.490. The Balaban J connectivity index is 1.39. The molecule has 1 aliphatic carbocycles. The van der Waals surface area contributed by atoms with Crippen molar-refractivity contribution in [1.82, 2.24) is 9.80 Å². The van der Waals surface area contributed by atoms with Crippen molar-refractivity contribution >= 4 is 17.8 Å². The summed E-state index contributed by atoms with van der Waals surface area (Å²) in [5.74, 6) is 0.330. The van der Waals surface area contributed by atoms with Crippen molar-refractivity contribution in [3.8, 4) is 0 Å². The molecule has 0 aromatic heterocycles. The lowest BCUT2D eigenvalue weighted by Gasteiger charge is -2.41. The highest BCUT2D eigenvalue weighted by Crippen LogP contribution is 2.47. The molecule has 27 heavy (non-hydrogen) atoms. The SMILES string of the molecule is CC(C)CN1CC2(CCN(C(=O)C3CC(=O)OC34CCCC4)CC2)CC1=O. The van der Waals surface area contributed by atoms with Gasteiger partial charge in [-0.05, 0) is 44.4 Å². The predicted octanol–water partition coefficient (Wildman–Crippen LogP) is 2.36. The third kappa shape index (κ3) is 3.36. The molecule has 4 rings (SSSR count). The molecular formula is C21H32N2O4. The maximum atomic E-state index is 13.2. The van der Waals surface area contributed by atoms with E-state index in [4.69, 9.17) is 4.74 Å². The molecule has 1 saturated carbocycles. The van der Waals surface area contributed by atoms with Crippen LogP contribution in [0.1, 0.15) is 65.2 Å². The molecule has 2 amide bonds. The first-order chi connectivity index (χ1) is 12.8. The Kier molecular flexibility index (Phi) is 4.71. The van der Waals surface area contributed by atoms with Gasteiger partial charge in [-0.15, -0.1) is 0 Å². The van der Waals surface area contributed by atoms with E-state index in [1.165, 1.54) is 0 Å². The summed E-state index contributed by atoms with van der Waals surface area (Å²) in [7, 11) is 0. The van der Waals surface area contributed by atoms with E-state index in [1.54, 1.807) is 0 Å². The van der Waals surface area contributed by atoms with E-state index in [9.17, 15) is 14.4 Å². The molecule has 0 aromatic carbocycles. The van der Waals surface area contributed by atoms with Crippen LogP contribution in [0.2, 0.25) is 0 Å². The van der Waals surface area contributed by atoms with E-state index in [2.05, 4.69) is 13.8 Å². The van der Waals surface area contributed by atoms with Gasteiger partial charge >= 0.3 is 5.97 Å². The number of amides is 2. The normalized spacial score (nSPS) is 29.4. The molecule has 1 unspecified atom stereocenters. The number of likely N-dealkylation sites (tertiary alicyclic amines) is 2. The number of nitrogens with zero attached hydrogens (tertiary/aromatic N) is 2. The van der Waals surface area contributed by atoms with Crippen LogP contribution < -0.4 is 0 Å². The van der Waals surface area contributed by atoms with Crippen molar-refractivity contribution in [2.75, 3.05) is 26.2 Å². The summed E-state index contributed by atoms with van der Waals surface area (Å²) in [6.07, 6.45) is 6.35. The molecule has 150 valence electrons. The highest BCUT2D eigenvalue weighted by molar-refractivity contribution is 5.88. The van der Waals surface area contributed by atoms with Crippen molar-refractivity contribution in [2.45, 2.75) is 70.8 Å². The van der Waals surface area contributed by atoms with Crippen LogP contribution in [-0.2, 0) is 19.1 Å². The molecule has 3 aliphatic heterocycles. The predicted molar refractivity (Wildman–Crippen MR) is 99.7 cm³/mol. The van der Waals surface area contributed by atoms with Gasteiger partial charge in [0.15, 0.2) is 0 Å². The molecule has 0 radical (unpaired) electrons. The number of ether oxygens (including phenoxy) is 1. The van der Waals surface area contributed by atoms with Crippen LogP contribution in [0, 0.1) is 17.3 Å². The maximum absolute atomic E-state index is 13.2. The standard InChI is InChI=1S/C21H32N2O4/c1-15(2)13-23-14-20(12-17(23)24)7-9-22(10-8-20)19(26)16-11-18(25)27-21(16)5-3-4-6-21/h15-16H,3-14H2,1-2H3. The summed E-state index contributed by atoms with van der Waals surface area (Å²) < 4.78 is 5.65. The van der Waals surface area contributed by atoms with Gasteiger partial charge in [-0.3, -0.25) is 14.4 Å².